The summed E-state index contributed by atoms with van der Waals surface area (Å²) in [5.41, 5.74) is 9.72. The number of nitrogens with two attached hydrogens (primary N) is 1. The standard InChI is InChI=1S/C14H14N2O/c1-10-2-4-11(5-3-10)12-6-8-13(9-7-12)14(15)16-17/h2-9,17H,1H3,(H2,15,16). The van der Waals surface area contributed by atoms with Gasteiger partial charge in [0, 0.05) is 5.56 Å². The topological polar surface area (TPSA) is 58.6 Å². The lowest BCUT2D eigenvalue weighted by Gasteiger charge is -2.04. The van der Waals surface area contributed by atoms with Crippen LogP contribution >= 0.6 is 0 Å². The van der Waals surface area contributed by atoms with E-state index in [0.29, 0.717) is 5.56 Å². The summed E-state index contributed by atoms with van der Waals surface area (Å²) in [4.78, 5) is 0. The van der Waals surface area contributed by atoms with E-state index in [9.17, 15) is 0 Å². The molecule has 0 aromatic heterocycles. The summed E-state index contributed by atoms with van der Waals surface area (Å²) < 4.78 is 0. The van der Waals surface area contributed by atoms with Gasteiger partial charge in [-0.2, -0.15) is 0 Å². The maximum Gasteiger partial charge on any atom is 0.170 e. The molecule has 0 amide bonds. The Labute approximate surface area is 100 Å². The molecule has 0 saturated heterocycles. The van der Waals surface area contributed by atoms with Crippen LogP contribution in [0, 0.1) is 6.92 Å². The smallest absolute Gasteiger partial charge is 0.170 e. The molecule has 0 radical (unpaired) electrons. The van der Waals surface area contributed by atoms with Crippen LogP contribution in [0.25, 0.3) is 11.1 Å². The lowest BCUT2D eigenvalue weighted by atomic mass is 10.0. The maximum absolute atomic E-state index is 8.57. The Hall–Kier alpha value is -2.29. The van der Waals surface area contributed by atoms with Crippen LogP contribution in [0.5, 0.6) is 0 Å². The van der Waals surface area contributed by atoms with Gasteiger partial charge in [0.1, 0.15) is 0 Å². The molecule has 2 aromatic rings. The van der Waals surface area contributed by atoms with Gasteiger partial charge in [-0.1, -0.05) is 59.3 Å². The highest BCUT2D eigenvalue weighted by molar-refractivity contribution is 5.97. The van der Waals surface area contributed by atoms with Crippen molar-refractivity contribution in [3.8, 4) is 11.1 Å². The van der Waals surface area contributed by atoms with Crippen LogP contribution in [-0.4, -0.2) is 11.0 Å². The third-order valence-electron chi connectivity index (χ3n) is 2.67. The first-order chi connectivity index (χ1) is 8.20. The molecule has 86 valence electrons. The van der Waals surface area contributed by atoms with Crippen molar-refractivity contribution in [1.82, 2.24) is 0 Å². The van der Waals surface area contributed by atoms with E-state index in [4.69, 9.17) is 10.9 Å². The van der Waals surface area contributed by atoms with Crippen molar-refractivity contribution < 1.29 is 5.21 Å². The highest BCUT2D eigenvalue weighted by Crippen LogP contribution is 2.20. The van der Waals surface area contributed by atoms with Crippen LogP contribution in [0.3, 0.4) is 0 Å². The van der Waals surface area contributed by atoms with Crippen molar-refractivity contribution in [3.63, 3.8) is 0 Å². The molecule has 0 aliphatic heterocycles. The van der Waals surface area contributed by atoms with E-state index in [1.165, 1.54) is 5.56 Å². The van der Waals surface area contributed by atoms with Crippen LogP contribution in [-0.2, 0) is 0 Å². The molecule has 0 spiro atoms. The predicted octanol–water partition coefficient (Wildman–Crippen LogP) is 2.76. The summed E-state index contributed by atoms with van der Waals surface area (Å²) in [5.74, 6) is 0.125. The number of hydrogen-bond acceptors (Lipinski definition) is 2. The lowest BCUT2D eigenvalue weighted by molar-refractivity contribution is 0.318. The summed E-state index contributed by atoms with van der Waals surface area (Å²) in [6.07, 6.45) is 0. The molecule has 2 aromatic carbocycles. The van der Waals surface area contributed by atoms with Crippen LogP contribution in [0.15, 0.2) is 53.7 Å². The van der Waals surface area contributed by atoms with Gasteiger partial charge >= 0.3 is 0 Å². The van der Waals surface area contributed by atoms with E-state index < -0.39 is 0 Å². The second kappa shape index (κ2) is 4.70. The van der Waals surface area contributed by atoms with Crippen LogP contribution in [0.2, 0.25) is 0 Å². The fourth-order valence-corrected chi connectivity index (χ4v) is 1.64. The number of aryl methyl sites for hydroxylation is 1. The highest BCUT2D eigenvalue weighted by atomic mass is 16.4. The number of rotatable bonds is 2. The normalized spacial score (nSPS) is 11.5. The minimum Gasteiger partial charge on any atom is -0.409 e. The maximum atomic E-state index is 8.57. The van der Waals surface area contributed by atoms with Crippen LogP contribution in [0.1, 0.15) is 11.1 Å². The Bertz CT molecular complexity index is 527. The Morgan fingerprint density at radius 1 is 0.941 bits per heavy atom. The van der Waals surface area contributed by atoms with Crippen molar-refractivity contribution in [1.29, 1.82) is 0 Å². The van der Waals surface area contributed by atoms with Crippen molar-refractivity contribution in [3.05, 3.63) is 59.7 Å². The van der Waals surface area contributed by atoms with Crippen molar-refractivity contribution in [2.45, 2.75) is 6.92 Å². The molecule has 0 bridgehead atoms. The Kier molecular flexibility index (Phi) is 3.10. The zero-order chi connectivity index (χ0) is 12.3. The largest absolute Gasteiger partial charge is 0.409 e. The van der Waals surface area contributed by atoms with Gasteiger partial charge in [-0.25, -0.2) is 0 Å². The number of nitrogens with zero attached hydrogens (tertiary/aromatic N) is 1. The van der Waals surface area contributed by atoms with Gasteiger partial charge in [-0.15, -0.1) is 0 Å². The first-order valence-corrected chi connectivity index (χ1v) is 5.36. The quantitative estimate of drug-likeness (QED) is 0.358. The molecular formula is C14H14N2O. The Morgan fingerprint density at radius 2 is 1.41 bits per heavy atom. The van der Waals surface area contributed by atoms with Crippen molar-refractivity contribution in [2.75, 3.05) is 0 Å². The molecule has 0 aliphatic rings. The predicted molar refractivity (Wildman–Crippen MR) is 69.1 cm³/mol. The summed E-state index contributed by atoms with van der Waals surface area (Å²) in [7, 11) is 0. The second-order valence-corrected chi connectivity index (χ2v) is 3.93. The molecule has 3 nitrogen and oxygen atoms in total. The van der Waals surface area contributed by atoms with Crippen LogP contribution < -0.4 is 5.73 Å². The van der Waals surface area contributed by atoms with Gasteiger partial charge in [0.05, 0.1) is 0 Å². The van der Waals surface area contributed by atoms with Gasteiger partial charge in [0.2, 0.25) is 0 Å². The number of oxime groups is 1. The number of hydrogen-bond donors (Lipinski definition) is 2. The van der Waals surface area contributed by atoms with Gasteiger partial charge in [-0.3, -0.25) is 0 Å². The molecule has 0 fully saturated rings. The third kappa shape index (κ3) is 2.45. The SMILES string of the molecule is Cc1ccc(-c2ccc(/C(N)=N/O)cc2)cc1. The van der Waals surface area contributed by atoms with E-state index in [1.54, 1.807) is 0 Å². The molecule has 0 unspecified atom stereocenters. The molecule has 0 heterocycles. The monoisotopic (exact) mass is 226 g/mol. The summed E-state index contributed by atoms with van der Waals surface area (Å²) in [6, 6.07) is 15.9. The molecule has 0 aliphatic carbocycles. The van der Waals surface area contributed by atoms with E-state index in [-0.39, 0.29) is 5.84 Å². The Morgan fingerprint density at radius 3 is 1.88 bits per heavy atom. The second-order valence-electron chi connectivity index (χ2n) is 3.93. The van der Waals surface area contributed by atoms with Crippen LogP contribution in [0.4, 0.5) is 0 Å². The van der Waals surface area contributed by atoms with E-state index in [1.807, 2.05) is 24.3 Å². The zero-order valence-corrected chi connectivity index (χ0v) is 9.59. The lowest BCUT2D eigenvalue weighted by Crippen LogP contribution is -2.12. The van der Waals surface area contributed by atoms with Crippen molar-refractivity contribution >= 4 is 5.84 Å². The molecule has 0 atom stereocenters. The summed E-state index contributed by atoms with van der Waals surface area (Å²) in [5, 5.41) is 11.5. The van der Waals surface area contributed by atoms with E-state index in [2.05, 4.69) is 36.3 Å². The number of amidine groups is 1. The van der Waals surface area contributed by atoms with E-state index in [0.717, 1.165) is 11.1 Å². The van der Waals surface area contributed by atoms with Gasteiger partial charge < -0.3 is 10.9 Å². The Balaban J connectivity index is 2.32. The fraction of sp³-hybridized carbons (Fsp3) is 0.0714. The average Bonchev–Trinajstić information content (AvgIpc) is 2.39. The first-order valence-electron chi connectivity index (χ1n) is 5.36. The molecule has 3 N–H and O–H groups in total. The van der Waals surface area contributed by atoms with Crippen molar-refractivity contribution in [2.24, 2.45) is 10.9 Å². The summed E-state index contributed by atoms with van der Waals surface area (Å²) in [6.45, 7) is 2.06. The minimum absolute atomic E-state index is 0.125. The van der Waals surface area contributed by atoms with Gasteiger partial charge in [-0.05, 0) is 18.1 Å². The molecule has 17 heavy (non-hydrogen) atoms. The highest BCUT2D eigenvalue weighted by Gasteiger charge is 2.00. The number of benzene rings is 2. The molecular weight excluding hydrogens is 212 g/mol. The minimum atomic E-state index is 0.125. The molecule has 0 saturated carbocycles. The third-order valence-corrected chi connectivity index (χ3v) is 2.67. The average molecular weight is 226 g/mol. The first kappa shape index (κ1) is 11.2. The summed E-state index contributed by atoms with van der Waals surface area (Å²) >= 11 is 0. The molecule has 2 rings (SSSR count). The van der Waals surface area contributed by atoms with Gasteiger partial charge in [0.25, 0.3) is 0 Å². The van der Waals surface area contributed by atoms with Gasteiger partial charge in [0.15, 0.2) is 5.84 Å². The molecule has 3 heteroatoms. The fourth-order valence-electron chi connectivity index (χ4n) is 1.64. The van der Waals surface area contributed by atoms with E-state index >= 15 is 0 Å². The zero-order valence-electron chi connectivity index (χ0n) is 9.59.